The third-order valence-electron chi connectivity index (χ3n) is 2.78. The molecule has 1 rings (SSSR count). The number of hydrogen-bond donors (Lipinski definition) is 3. The Morgan fingerprint density at radius 2 is 1.85 bits per heavy atom. The lowest BCUT2D eigenvalue weighted by molar-refractivity contribution is -0.141. The molecule has 3 N–H and O–H groups in total. The van der Waals surface area contributed by atoms with Crippen molar-refractivity contribution >= 4 is 12.3 Å². The highest BCUT2D eigenvalue weighted by Crippen LogP contribution is 2.34. The lowest BCUT2D eigenvalue weighted by Crippen LogP contribution is -2.22. The topological polar surface area (TPSA) is 113 Å². The van der Waals surface area contributed by atoms with Crippen molar-refractivity contribution in [2.24, 2.45) is 0 Å². The summed E-state index contributed by atoms with van der Waals surface area (Å²) in [4.78, 5) is 21.4. The summed E-state index contributed by atoms with van der Waals surface area (Å²) >= 11 is 0. The molecule has 0 amide bonds. The van der Waals surface area contributed by atoms with Crippen molar-refractivity contribution < 1.29 is 34.4 Å². The number of carbonyl (C=O) groups excluding carboxylic acids is 1. The highest BCUT2D eigenvalue weighted by atomic mass is 16.5. The van der Waals surface area contributed by atoms with Crippen LogP contribution in [0.5, 0.6) is 11.5 Å². The van der Waals surface area contributed by atoms with Gasteiger partial charge in [-0.3, -0.25) is 9.59 Å². The summed E-state index contributed by atoms with van der Waals surface area (Å²) in [5, 5.41) is 28.3. The summed E-state index contributed by atoms with van der Waals surface area (Å²) in [6.07, 6.45) is -3.04. The predicted octanol–water partition coefficient (Wildman–Crippen LogP) is 0.385. The monoisotopic (exact) mass is 284 g/mol. The number of hydrogen-bond acceptors (Lipinski definition) is 6. The van der Waals surface area contributed by atoms with E-state index in [2.05, 4.69) is 0 Å². The van der Waals surface area contributed by atoms with Gasteiger partial charge in [-0.2, -0.15) is 0 Å². The van der Waals surface area contributed by atoms with E-state index in [0.29, 0.717) is 6.29 Å². The van der Waals surface area contributed by atoms with E-state index in [4.69, 9.17) is 14.6 Å². The molecule has 0 fully saturated rings. The van der Waals surface area contributed by atoms with Crippen LogP contribution in [0.2, 0.25) is 0 Å². The molecule has 0 aliphatic heterocycles. The zero-order chi connectivity index (χ0) is 15.3. The number of ether oxygens (including phenoxy) is 2. The minimum Gasteiger partial charge on any atom is -0.496 e. The molecule has 0 radical (unpaired) electrons. The normalized spacial score (nSPS) is 13.4. The first-order valence-corrected chi connectivity index (χ1v) is 5.73. The average Bonchev–Trinajstić information content (AvgIpc) is 2.44. The summed E-state index contributed by atoms with van der Waals surface area (Å²) in [5.41, 5.74) is 0.358. The second kappa shape index (κ2) is 6.88. The molecule has 2 unspecified atom stereocenters. The zero-order valence-electron chi connectivity index (χ0n) is 11.1. The van der Waals surface area contributed by atoms with Crippen LogP contribution in [0.3, 0.4) is 0 Å². The number of benzene rings is 1. The van der Waals surface area contributed by atoms with E-state index in [0.717, 1.165) is 0 Å². The van der Waals surface area contributed by atoms with Gasteiger partial charge >= 0.3 is 5.97 Å². The number of carboxylic acids is 1. The second-order valence-corrected chi connectivity index (χ2v) is 4.06. The molecule has 110 valence electrons. The number of aliphatic hydroxyl groups is 2. The Balaban J connectivity index is 3.21. The van der Waals surface area contributed by atoms with E-state index in [1.54, 1.807) is 0 Å². The maximum Gasteiger partial charge on any atom is 0.306 e. The van der Waals surface area contributed by atoms with Crippen molar-refractivity contribution in [1.82, 2.24) is 0 Å². The van der Waals surface area contributed by atoms with Crippen molar-refractivity contribution in [2.45, 2.75) is 18.6 Å². The van der Waals surface area contributed by atoms with Crippen molar-refractivity contribution in [3.05, 3.63) is 23.3 Å². The molecular weight excluding hydrogens is 268 g/mol. The fraction of sp³-hybridized carbons (Fsp3) is 0.385. The van der Waals surface area contributed by atoms with Gasteiger partial charge in [-0.15, -0.1) is 0 Å². The maximum absolute atomic E-state index is 10.9. The van der Waals surface area contributed by atoms with E-state index in [1.165, 1.54) is 26.4 Å². The van der Waals surface area contributed by atoms with E-state index >= 15 is 0 Å². The molecular formula is C13H16O7. The van der Waals surface area contributed by atoms with Crippen molar-refractivity contribution in [1.29, 1.82) is 0 Å². The Bertz CT molecular complexity index is 498. The molecule has 20 heavy (non-hydrogen) atoms. The first kappa shape index (κ1) is 15.9. The van der Waals surface area contributed by atoms with Crippen molar-refractivity contribution in [3.8, 4) is 11.5 Å². The van der Waals surface area contributed by atoms with Gasteiger partial charge in [0.1, 0.15) is 17.6 Å². The maximum atomic E-state index is 10.9. The molecule has 0 saturated carbocycles. The highest BCUT2D eigenvalue weighted by molar-refractivity contribution is 5.80. The molecule has 0 bridgehead atoms. The second-order valence-electron chi connectivity index (χ2n) is 4.06. The third kappa shape index (κ3) is 3.46. The van der Waals surface area contributed by atoms with E-state index in [9.17, 15) is 19.8 Å². The summed E-state index contributed by atoms with van der Waals surface area (Å²) in [6, 6.07) is 2.68. The fourth-order valence-corrected chi connectivity index (χ4v) is 1.77. The van der Waals surface area contributed by atoms with Crippen LogP contribution in [-0.4, -0.2) is 47.9 Å². The van der Waals surface area contributed by atoms with Crippen LogP contribution >= 0.6 is 0 Å². The van der Waals surface area contributed by atoms with Gasteiger partial charge in [-0.25, -0.2) is 0 Å². The predicted molar refractivity (Wildman–Crippen MR) is 68.2 cm³/mol. The largest absolute Gasteiger partial charge is 0.496 e. The highest BCUT2D eigenvalue weighted by Gasteiger charge is 2.25. The number of carbonyl (C=O) groups is 2. The number of aldehydes is 1. The zero-order valence-corrected chi connectivity index (χ0v) is 11.1. The molecule has 7 heteroatoms. The van der Waals surface area contributed by atoms with Crippen LogP contribution < -0.4 is 9.47 Å². The van der Waals surface area contributed by atoms with Gasteiger partial charge in [-0.05, 0) is 12.1 Å². The first-order valence-electron chi connectivity index (χ1n) is 5.73. The van der Waals surface area contributed by atoms with Gasteiger partial charge in [0.2, 0.25) is 0 Å². The molecule has 0 spiro atoms. The minimum atomic E-state index is -1.51. The van der Waals surface area contributed by atoms with Gasteiger partial charge in [-0.1, -0.05) is 0 Å². The minimum absolute atomic E-state index is 0.142. The standard InChI is InChI=1S/C13H16O7/c1-19-10-4-8(11(20-2)3-7(10)6-14)13(18)9(15)5-12(16)17/h3-4,6,9,13,15,18H,5H2,1-2H3,(H,16,17). The SMILES string of the molecule is COc1cc(C(O)C(O)CC(=O)O)c(OC)cc1C=O. The van der Waals surface area contributed by atoms with Crippen LogP contribution in [0.4, 0.5) is 0 Å². The van der Waals surface area contributed by atoms with Crippen molar-refractivity contribution in [3.63, 3.8) is 0 Å². The summed E-state index contributed by atoms with van der Waals surface area (Å²) < 4.78 is 10.0. The van der Waals surface area contributed by atoms with Gasteiger partial charge in [0.25, 0.3) is 0 Å². The van der Waals surface area contributed by atoms with Crippen LogP contribution in [0.25, 0.3) is 0 Å². The van der Waals surface area contributed by atoms with Crippen LogP contribution in [0, 0.1) is 0 Å². The van der Waals surface area contributed by atoms with Crippen LogP contribution in [-0.2, 0) is 4.79 Å². The van der Waals surface area contributed by atoms with E-state index in [1.807, 2.05) is 0 Å². The third-order valence-corrected chi connectivity index (χ3v) is 2.78. The number of rotatable bonds is 7. The average molecular weight is 284 g/mol. The van der Waals surface area contributed by atoms with Crippen LogP contribution in [0.15, 0.2) is 12.1 Å². The number of aliphatic carboxylic acids is 1. The van der Waals surface area contributed by atoms with Gasteiger partial charge in [0, 0.05) is 5.56 Å². The van der Waals surface area contributed by atoms with Gasteiger partial charge in [0.15, 0.2) is 6.29 Å². The Labute approximate surface area is 115 Å². The molecule has 0 aliphatic carbocycles. The number of aliphatic hydroxyl groups excluding tert-OH is 2. The fourth-order valence-electron chi connectivity index (χ4n) is 1.77. The van der Waals surface area contributed by atoms with Crippen LogP contribution in [0.1, 0.15) is 28.4 Å². The molecule has 1 aromatic carbocycles. The number of carboxylic acid groups (broad SMARTS) is 1. The summed E-state index contributed by atoms with van der Waals surface area (Å²) in [6.45, 7) is 0. The molecule has 0 aromatic heterocycles. The van der Waals surface area contributed by atoms with Gasteiger partial charge in [0.05, 0.1) is 32.3 Å². The summed E-state index contributed by atoms with van der Waals surface area (Å²) in [7, 11) is 2.68. The molecule has 2 atom stereocenters. The summed E-state index contributed by atoms with van der Waals surface area (Å²) in [5.74, 6) is -0.894. The molecule has 0 saturated heterocycles. The quantitative estimate of drug-likeness (QED) is 0.620. The Morgan fingerprint density at radius 3 is 2.30 bits per heavy atom. The van der Waals surface area contributed by atoms with E-state index < -0.39 is 24.6 Å². The number of methoxy groups -OCH3 is 2. The smallest absolute Gasteiger partial charge is 0.306 e. The Hall–Kier alpha value is -2.12. The molecule has 1 aromatic rings. The lowest BCUT2D eigenvalue weighted by atomic mass is 9.99. The van der Waals surface area contributed by atoms with Gasteiger partial charge < -0.3 is 24.8 Å². The molecule has 7 nitrogen and oxygen atoms in total. The molecule has 0 aliphatic rings. The lowest BCUT2D eigenvalue weighted by Gasteiger charge is -2.20. The van der Waals surface area contributed by atoms with E-state index in [-0.39, 0.29) is 22.6 Å². The van der Waals surface area contributed by atoms with Crippen molar-refractivity contribution in [2.75, 3.05) is 14.2 Å². The first-order chi connectivity index (χ1) is 9.44. The molecule has 0 heterocycles. The Morgan fingerprint density at radius 1 is 1.25 bits per heavy atom. The Kier molecular flexibility index (Phi) is 5.48.